The van der Waals surface area contributed by atoms with Gasteiger partial charge in [-0.05, 0) is 43.2 Å². The number of nitriles is 1. The standard InChI is InChI=1S/C31H30N6O2/c1-4-28(38)37-19-31(20-37)10-12-36(18-31)27-14-24(39-17-23-7-5-6-11-33-23)13-25(26(27)15-32)29-21(2)8-9-22-16-34-35(3)30(22)29/h4-9,11,13-14,16H,1,10,12,17-20H2,2-3H3. The maximum absolute atomic E-state index is 12.1. The molecule has 0 saturated carbocycles. The van der Waals surface area contributed by atoms with E-state index in [1.807, 2.05) is 53.2 Å². The molecule has 2 aromatic carbocycles. The first kappa shape index (κ1) is 24.7. The third kappa shape index (κ3) is 4.30. The van der Waals surface area contributed by atoms with E-state index in [0.717, 1.165) is 58.5 Å². The van der Waals surface area contributed by atoms with Gasteiger partial charge in [0.25, 0.3) is 0 Å². The molecule has 0 atom stereocenters. The Bertz CT molecular complexity index is 1630. The van der Waals surface area contributed by atoms with Crippen molar-refractivity contribution in [2.24, 2.45) is 12.5 Å². The Labute approximate surface area is 227 Å². The fourth-order valence-electron chi connectivity index (χ4n) is 6.04. The summed E-state index contributed by atoms with van der Waals surface area (Å²) in [5, 5.41) is 16.0. The molecule has 8 nitrogen and oxygen atoms in total. The number of aryl methyl sites for hydroxylation is 2. The SMILES string of the molecule is C=CC(=O)N1CC2(CCN(c3cc(OCc4ccccn4)cc(-c4c(C)ccc5cnn(C)c45)c3C#N)C2)C1. The van der Waals surface area contributed by atoms with E-state index in [-0.39, 0.29) is 11.3 Å². The van der Waals surface area contributed by atoms with Crippen LogP contribution >= 0.6 is 0 Å². The van der Waals surface area contributed by atoms with Gasteiger partial charge in [-0.3, -0.25) is 14.5 Å². The molecular formula is C31H30N6O2. The Morgan fingerprint density at radius 3 is 2.82 bits per heavy atom. The lowest BCUT2D eigenvalue weighted by molar-refractivity contribution is -0.136. The number of aromatic nitrogens is 3. The second-order valence-electron chi connectivity index (χ2n) is 10.6. The number of hydrogen-bond donors (Lipinski definition) is 0. The molecule has 0 N–H and O–H groups in total. The highest BCUT2D eigenvalue weighted by Crippen LogP contribution is 2.45. The van der Waals surface area contributed by atoms with E-state index in [1.54, 1.807) is 6.20 Å². The van der Waals surface area contributed by atoms with Crippen molar-refractivity contribution < 1.29 is 9.53 Å². The van der Waals surface area contributed by atoms with Crippen molar-refractivity contribution in [3.05, 3.63) is 84.3 Å². The molecule has 8 heteroatoms. The summed E-state index contributed by atoms with van der Waals surface area (Å²) in [5.41, 5.74) is 6.19. The first-order valence-corrected chi connectivity index (χ1v) is 13.1. The molecule has 0 aliphatic carbocycles. The van der Waals surface area contributed by atoms with Crippen LogP contribution in [0.15, 0.2) is 67.5 Å². The topological polar surface area (TPSA) is 87.3 Å². The van der Waals surface area contributed by atoms with Crippen LogP contribution in [0.1, 0.15) is 23.2 Å². The summed E-state index contributed by atoms with van der Waals surface area (Å²) in [6.45, 7) is 9.02. The lowest BCUT2D eigenvalue weighted by atomic mass is 9.79. The highest BCUT2D eigenvalue weighted by molar-refractivity contribution is 5.98. The Hall–Kier alpha value is -4.64. The van der Waals surface area contributed by atoms with Crippen LogP contribution in [0.5, 0.6) is 5.75 Å². The quantitative estimate of drug-likeness (QED) is 0.346. The number of rotatable bonds is 6. The third-order valence-electron chi connectivity index (χ3n) is 8.01. The normalized spacial score (nSPS) is 15.8. The van der Waals surface area contributed by atoms with Crippen LogP contribution < -0.4 is 9.64 Å². The summed E-state index contributed by atoms with van der Waals surface area (Å²) < 4.78 is 8.15. The molecule has 2 saturated heterocycles. The van der Waals surface area contributed by atoms with E-state index >= 15 is 0 Å². The van der Waals surface area contributed by atoms with Crippen LogP contribution in [-0.4, -0.2) is 51.8 Å². The average Bonchev–Trinajstić information content (AvgIpc) is 3.55. The van der Waals surface area contributed by atoms with Gasteiger partial charge in [0.1, 0.15) is 18.4 Å². The predicted octanol–water partition coefficient (Wildman–Crippen LogP) is 4.62. The van der Waals surface area contributed by atoms with E-state index in [0.29, 0.717) is 31.0 Å². The molecule has 4 aromatic rings. The van der Waals surface area contributed by atoms with Gasteiger partial charge in [0.05, 0.1) is 28.7 Å². The minimum absolute atomic E-state index is 0.0243. The van der Waals surface area contributed by atoms with Gasteiger partial charge in [-0.15, -0.1) is 0 Å². The molecule has 1 amide bonds. The summed E-state index contributed by atoms with van der Waals surface area (Å²) >= 11 is 0. The van der Waals surface area contributed by atoms with E-state index in [1.165, 1.54) is 6.08 Å². The molecule has 39 heavy (non-hydrogen) atoms. The molecule has 0 radical (unpaired) electrons. The fraction of sp³-hybridized carbons (Fsp3) is 0.290. The molecule has 1 spiro atoms. The van der Waals surface area contributed by atoms with Crippen LogP contribution in [0.3, 0.4) is 0 Å². The summed E-state index contributed by atoms with van der Waals surface area (Å²) in [4.78, 5) is 20.6. The van der Waals surface area contributed by atoms with Crippen molar-refractivity contribution in [2.45, 2.75) is 20.0 Å². The van der Waals surface area contributed by atoms with Crippen LogP contribution in [0.4, 0.5) is 5.69 Å². The minimum Gasteiger partial charge on any atom is -0.487 e. The highest BCUT2D eigenvalue weighted by atomic mass is 16.5. The van der Waals surface area contributed by atoms with Crippen LogP contribution in [0, 0.1) is 23.7 Å². The van der Waals surface area contributed by atoms with Crippen molar-refractivity contribution in [2.75, 3.05) is 31.1 Å². The van der Waals surface area contributed by atoms with Gasteiger partial charge < -0.3 is 14.5 Å². The summed E-state index contributed by atoms with van der Waals surface area (Å²) in [6.07, 6.45) is 5.94. The van der Waals surface area contributed by atoms with Gasteiger partial charge in [-0.25, -0.2) is 0 Å². The van der Waals surface area contributed by atoms with Gasteiger partial charge in [0, 0.05) is 67.4 Å². The summed E-state index contributed by atoms with van der Waals surface area (Å²) in [5.74, 6) is 0.657. The van der Waals surface area contributed by atoms with Crippen LogP contribution in [-0.2, 0) is 18.4 Å². The zero-order chi connectivity index (χ0) is 27.1. The zero-order valence-corrected chi connectivity index (χ0v) is 22.2. The number of anilines is 1. The van der Waals surface area contributed by atoms with Crippen LogP contribution in [0.2, 0.25) is 0 Å². The largest absolute Gasteiger partial charge is 0.487 e. The molecular weight excluding hydrogens is 488 g/mol. The van der Waals surface area contributed by atoms with Crippen molar-refractivity contribution >= 4 is 22.5 Å². The molecule has 6 rings (SSSR count). The predicted molar refractivity (Wildman–Crippen MR) is 150 cm³/mol. The number of carbonyl (C=O) groups excluding carboxylic acids is 1. The van der Waals surface area contributed by atoms with E-state index in [2.05, 4.69) is 46.7 Å². The van der Waals surface area contributed by atoms with Gasteiger partial charge in [-0.1, -0.05) is 24.8 Å². The van der Waals surface area contributed by atoms with E-state index in [9.17, 15) is 10.1 Å². The Morgan fingerprint density at radius 2 is 2.08 bits per heavy atom. The minimum atomic E-state index is -0.0243. The van der Waals surface area contributed by atoms with Crippen molar-refractivity contribution in [3.63, 3.8) is 0 Å². The maximum Gasteiger partial charge on any atom is 0.245 e. The van der Waals surface area contributed by atoms with E-state index in [4.69, 9.17) is 4.74 Å². The van der Waals surface area contributed by atoms with Gasteiger partial charge in [0.2, 0.25) is 5.91 Å². The number of nitrogens with zero attached hydrogens (tertiary/aromatic N) is 6. The monoisotopic (exact) mass is 518 g/mol. The number of fused-ring (bicyclic) bond motifs is 1. The van der Waals surface area contributed by atoms with Crippen LogP contribution in [0.25, 0.3) is 22.0 Å². The molecule has 4 heterocycles. The summed E-state index contributed by atoms with van der Waals surface area (Å²) in [6, 6.07) is 16.4. The van der Waals surface area contributed by atoms with Gasteiger partial charge in [-0.2, -0.15) is 10.4 Å². The van der Waals surface area contributed by atoms with Crippen molar-refractivity contribution in [1.82, 2.24) is 19.7 Å². The number of hydrogen-bond acceptors (Lipinski definition) is 6. The molecule has 2 aromatic heterocycles. The lowest BCUT2D eigenvalue weighted by Gasteiger charge is -2.47. The first-order chi connectivity index (χ1) is 18.9. The number of carbonyl (C=O) groups is 1. The first-order valence-electron chi connectivity index (χ1n) is 13.1. The molecule has 2 aliphatic rings. The van der Waals surface area contributed by atoms with Gasteiger partial charge >= 0.3 is 0 Å². The lowest BCUT2D eigenvalue weighted by Crippen LogP contribution is -2.59. The molecule has 0 bridgehead atoms. The molecule has 196 valence electrons. The Balaban J connectivity index is 1.44. The Morgan fingerprint density at radius 1 is 1.23 bits per heavy atom. The number of likely N-dealkylation sites (tertiary alicyclic amines) is 1. The Kier molecular flexibility index (Phi) is 6.07. The average molecular weight is 519 g/mol. The molecule has 2 aliphatic heterocycles. The number of benzene rings is 2. The highest BCUT2D eigenvalue weighted by Gasteiger charge is 2.49. The molecule has 2 fully saturated rings. The number of amides is 1. The third-order valence-corrected chi connectivity index (χ3v) is 8.01. The number of pyridine rings is 1. The smallest absolute Gasteiger partial charge is 0.245 e. The molecule has 0 unspecified atom stereocenters. The second-order valence-corrected chi connectivity index (χ2v) is 10.6. The number of ether oxygens (including phenoxy) is 1. The fourth-order valence-corrected chi connectivity index (χ4v) is 6.04. The second kappa shape index (κ2) is 9.59. The van der Waals surface area contributed by atoms with Gasteiger partial charge in [0.15, 0.2) is 0 Å². The van der Waals surface area contributed by atoms with Crippen molar-refractivity contribution in [3.8, 4) is 22.9 Å². The zero-order valence-electron chi connectivity index (χ0n) is 22.2. The summed E-state index contributed by atoms with van der Waals surface area (Å²) in [7, 11) is 1.93. The van der Waals surface area contributed by atoms with E-state index < -0.39 is 0 Å². The van der Waals surface area contributed by atoms with Crippen molar-refractivity contribution in [1.29, 1.82) is 5.26 Å². The maximum atomic E-state index is 12.1.